The minimum Gasteiger partial charge on any atom is -0.456 e. The third-order valence-electron chi connectivity index (χ3n) is 9.35. The van der Waals surface area contributed by atoms with Crippen LogP contribution in [0.4, 0.5) is 0 Å². The predicted molar refractivity (Wildman–Crippen MR) is 202 cm³/mol. The smallest absolute Gasteiger partial charge is 0.164 e. The van der Waals surface area contributed by atoms with E-state index in [1.54, 1.807) is 0 Å². The molecule has 5 nitrogen and oxygen atoms in total. The Balaban J connectivity index is 1.18. The molecule has 0 aliphatic carbocycles. The number of rotatable bonds is 5. The fourth-order valence-electron chi connectivity index (χ4n) is 6.99. The van der Waals surface area contributed by atoms with Gasteiger partial charge in [0.1, 0.15) is 22.3 Å². The van der Waals surface area contributed by atoms with E-state index in [0.717, 1.165) is 82.8 Å². The van der Waals surface area contributed by atoms with Crippen LogP contribution in [0.15, 0.2) is 173 Å². The van der Waals surface area contributed by atoms with Crippen LogP contribution in [0.25, 0.3) is 100 Å². The van der Waals surface area contributed by atoms with Crippen molar-refractivity contribution in [2.45, 2.75) is 0 Å². The van der Waals surface area contributed by atoms with Crippen LogP contribution in [0, 0.1) is 0 Å². The Morgan fingerprint density at radius 2 is 0.860 bits per heavy atom. The Bertz CT molecular complexity index is 2860. The molecule has 0 amide bonds. The van der Waals surface area contributed by atoms with Gasteiger partial charge in [-0.1, -0.05) is 121 Å². The molecule has 0 N–H and O–H groups in total. The summed E-state index contributed by atoms with van der Waals surface area (Å²) < 4.78 is 12.8. The highest BCUT2D eigenvalue weighted by molar-refractivity contribution is 6.14. The minimum atomic E-state index is 0.580. The molecule has 0 bridgehead atoms. The third-order valence-corrected chi connectivity index (χ3v) is 9.35. The lowest BCUT2D eigenvalue weighted by Crippen LogP contribution is -2.00. The molecule has 0 saturated heterocycles. The van der Waals surface area contributed by atoms with Gasteiger partial charge in [0.15, 0.2) is 17.5 Å². The van der Waals surface area contributed by atoms with Gasteiger partial charge >= 0.3 is 0 Å². The zero-order valence-electron chi connectivity index (χ0n) is 26.7. The summed E-state index contributed by atoms with van der Waals surface area (Å²) in [6.07, 6.45) is 0. The van der Waals surface area contributed by atoms with E-state index in [2.05, 4.69) is 72.8 Å². The summed E-state index contributed by atoms with van der Waals surface area (Å²) in [5.41, 5.74) is 10.4. The molecule has 0 aliphatic heterocycles. The Labute approximate surface area is 287 Å². The summed E-state index contributed by atoms with van der Waals surface area (Å²) in [5.74, 6) is 1.76. The lowest BCUT2D eigenvalue weighted by Gasteiger charge is -2.09. The van der Waals surface area contributed by atoms with Crippen molar-refractivity contribution in [1.82, 2.24) is 15.0 Å². The molecule has 0 spiro atoms. The van der Waals surface area contributed by atoms with Crippen molar-refractivity contribution in [3.05, 3.63) is 164 Å². The van der Waals surface area contributed by atoms with Crippen molar-refractivity contribution in [1.29, 1.82) is 0 Å². The quantitative estimate of drug-likeness (QED) is 0.187. The summed E-state index contributed by atoms with van der Waals surface area (Å²) in [7, 11) is 0. The van der Waals surface area contributed by atoms with E-state index in [9.17, 15) is 0 Å². The van der Waals surface area contributed by atoms with Crippen LogP contribution in [-0.2, 0) is 0 Å². The first-order chi connectivity index (χ1) is 24.8. The summed E-state index contributed by atoms with van der Waals surface area (Å²) >= 11 is 0. The standard InChI is InChI=1S/C45H27N3O2/c1-4-12-28(13-5-1)31-22-24-34-40(27-31)50-39-21-11-19-35(42(34)39)45-47-43(30-16-8-3-9-17-30)46-44(48-45)32-23-25-37-36(26-32)41-33(18-10-20-38(41)49-37)29-14-6-2-7-15-29/h1-27H. The molecule has 0 fully saturated rings. The van der Waals surface area contributed by atoms with E-state index in [1.807, 2.05) is 91.0 Å². The average Bonchev–Trinajstić information content (AvgIpc) is 3.76. The Morgan fingerprint density at radius 1 is 0.300 bits per heavy atom. The lowest BCUT2D eigenvalue weighted by atomic mass is 9.99. The molecule has 10 rings (SSSR count). The molecule has 0 aliphatic rings. The molecule has 0 atom stereocenters. The van der Waals surface area contributed by atoms with Crippen LogP contribution in [0.3, 0.4) is 0 Å². The normalized spacial score (nSPS) is 11.6. The summed E-state index contributed by atoms with van der Waals surface area (Å²) in [6.45, 7) is 0. The first kappa shape index (κ1) is 28.2. The number of aromatic nitrogens is 3. The zero-order valence-corrected chi connectivity index (χ0v) is 26.7. The predicted octanol–water partition coefficient (Wildman–Crippen LogP) is 12.0. The van der Waals surface area contributed by atoms with Crippen molar-refractivity contribution >= 4 is 43.9 Å². The largest absolute Gasteiger partial charge is 0.456 e. The van der Waals surface area contributed by atoms with E-state index in [1.165, 1.54) is 0 Å². The molecule has 50 heavy (non-hydrogen) atoms. The number of benzene rings is 7. The minimum absolute atomic E-state index is 0.580. The van der Waals surface area contributed by atoms with Gasteiger partial charge in [-0.25, -0.2) is 15.0 Å². The fraction of sp³-hybridized carbons (Fsp3) is 0. The topological polar surface area (TPSA) is 65.0 Å². The molecule has 10 aromatic rings. The molecular formula is C45H27N3O2. The van der Waals surface area contributed by atoms with E-state index < -0.39 is 0 Å². The highest BCUT2D eigenvalue weighted by Gasteiger charge is 2.20. The van der Waals surface area contributed by atoms with Crippen molar-refractivity contribution in [2.75, 3.05) is 0 Å². The maximum Gasteiger partial charge on any atom is 0.164 e. The Kier molecular flexibility index (Phi) is 6.42. The van der Waals surface area contributed by atoms with Crippen molar-refractivity contribution in [3.63, 3.8) is 0 Å². The SMILES string of the molecule is c1ccc(-c2ccc3c(c2)oc2cccc(-c4nc(-c5ccccc5)nc(-c5ccc6oc7cccc(-c8ccccc8)c7c6c5)n4)c23)cc1. The first-order valence-electron chi connectivity index (χ1n) is 16.6. The average molecular weight is 642 g/mol. The van der Waals surface area contributed by atoms with Gasteiger partial charge in [0.05, 0.1) is 0 Å². The third kappa shape index (κ3) is 4.67. The van der Waals surface area contributed by atoms with Crippen molar-refractivity contribution in [3.8, 4) is 56.4 Å². The summed E-state index contributed by atoms with van der Waals surface area (Å²) in [6, 6.07) is 55.7. The molecule has 0 radical (unpaired) electrons. The second kappa shape index (κ2) is 11.4. The Morgan fingerprint density at radius 3 is 1.58 bits per heavy atom. The van der Waals surface area contributed by atoms with Crippen LogP contribution in [0.1, 0.15) is 0 Å². The highest BCUT2D eigenvalue weighted by atomic mass is 16.3. The van der Waals surface area contributed by atoms with Gasteiger partial charge < -0.3 is 8.83 Å². The number of hydrogen-bond acceptors (Lipinski definition) is 5. The molecule has 7 aromatic carbocycles. The molecule has 0 unspecified atom stereocenters. The molecule has 5 heteroatoms. The lowest BCUT2D eigenvalue weighted by molar-refractivity contribution is 0.668. The van der Waals surface area contributed by atoms with E-state index in [0.29, 0.717) is 17.5 Å². The molecule has 3 aromatic heterocycles. The molecule has 234 valence electrons. The van der Waals surface area contributed by atoms with Gasteiger partial charge in [0.2, 0.25) is 0 Å². The van der Waals surface area contributed by atoms with E-state index in [4.69, 9.17) is 23.8 Å². The van der Waals surface area contributed by atoms with Crippen LogP contribution in [-0.4, -0.2) is 15.0 Å². The number of hydrogen-bond donors (Lipinski definition) is 0. The second-order valence-corrected chi connectivity index (χ2v) is 12.4. The first-order valence-corrected chi connectivity index (χ1v) is 16.6. The van der Waals surface area contributed by atoms with Gasteiger partial charge in [-0.15, -0.1) is 0 Å². The number of fused-ring (bicyclic) bond motifs is 6. The summed E-state index contributed by atoms with van der Waals surface area (Å²) in [5, 5.41) is 4.07. The van der Waals surface area contributed by atoms with Crippen LogP contribution in [0.5, 0.6) is 0 Å². The van der Waals surface area contributed by atoms with Crippen LogP contribution < -0.4 is 0 Å². The maximum absolute atomic E-state index is 6.45. The monoisotopic (exact) mass is 641 g/mol. The van der Waals surface area contributed by atoms with Crippen molar-refractivity contribution < 1.29 is 8.83 Å². The number of furan rings is 2. The van der Waals surface area contributed by atoms with Gasteiger partial charge in [-0.2, -0.15) is 0 Å². The van der Waals surface area contributed by atoms with Gasteiger partial charge in [0.25, 0.3) is 0 Å². The van der Waals surface area contributed by atoms with E-state index >= 15 is 0 Å². The second-order valence-electron chi connectivity index (χ2n) is 12.4. The summed E-state index contributed by atoms with van der Waals surface area (Å²) in [4.78, 5) is 15.3. The number of nitrogens with zero attached hydrogens (tertiary/aromatic N) is 3. The van der Waals surface area contributed by atoms with Crippen LogP contribution >= 0.6 is 0 Å². The van der Waals surface area contributed by atoms with Crippen LogP contribution in [0.2, 0.25) is 0 Å². The Hall–Kier alpha value is -6.85. The van der Waals surface area contributed by atoms with Gasteiger partial charge in [-0.05, 0) is 64.7 Å². The zero-order chi connectivity index (χ0) is 33.0. The maximum atomic E-state index is 6.45. The highest BCUT2D eigenvalue weighted by Crippen LogP contribution is 2.40. The molecule has 3 heterocycles. The van der Waals surface area contributed by atoms with E-state index in [-0.39, 0.29) is 0 Å². The van der Waals surface area contributed by atoms with Gasteiger partial charge in [-0.3, -0.25) is 0 Å². The van der Waals surface area contributed by atoms with Crippen molar-refractivity contribution in [2.24, 2.45) is 0 Å². The molecular weight excluding hydrogens is 615 g/mol. The van der Waals surface area contributed by atoms with Gasteiger partial charge in [0, 0.05) is 38.2 Å². The fourth-order valence-corrected chi connectivity index (χ4v) is 6.99. The molecule has 0 saturated carbocycles.